The fraction of sp³-hybridized carbons (Fsp3) is 0.571. The number of hydrogen-bond donors (Lipinski definition) is 1. The molecule has 0 aliphatic carbocycles. The highest BCUT2D eigenvalue weighted by Crippen LogP contribution is 2.17. The average molecular weight is 244 g/mol. The monoisotopic (exact) mass is 244 g/mol. The third kappa shape index (κ3) is 3.21. The van der Waals surface area contributed by atoms with E-state index in [0.29, 0.717) is 11.6 Å². The van der Waals surface area contributed by atoms with Crippen LogP contribution in [-0.4, -0.2) is 35.6 Å². The van der Waals surface area contributed by atoms with Crippen LogP contribution in [0.5, 0.6) is 0 Å². The summed E-state index contributed by atoms with van der Waals surface area (Å²) in [7, 11) is 0. The minimum Gasteiger partial charge on any atom is -0.369 e. The van der Waals surface area contributed by atoms with Crippen LogP contribution in [0.2, 0.25) is 0 Å². The maximum Gasteiger partial charge on any atom is 0.126 e. The lowest BCUT2D eigenvalue weighted by Crippen LogP contribution is -2.43. The molecule has 1 saturated heterocycles. The van der Waals surface area contributed by atoms with E-state index in [4.69, 9.17) is 5.26 Å². The fourth-order valence-electron chi connectivity index (χ4n) is 2.49. The Kier molecular flexibility index (Phi) is 4.54. The van der Waals surface area contributed by atoms with Crippen LogP contribution in [0, 0.1) is 11.3 Å². The molecular formula is C14H20N4. The second-order valence-corrected chi connectivity index (χ2v) is 4.70. The summed E-state index contributed by atoms with van der Waals surface area (Å²) in [6.07, 6.45) is 5.51. The van der Waals surface area contributed by atoms with Gasteiger partial charge in [0.15, 0.2) is 0 Å². The van der Waals surface area contributed by atoms with Gasteiger partial charge in [0.05, 0.1) is 5.56 Å². The Bertz CT molecular complexity index is 407. The summed E-state index contributed by atoms with van der Waals surface area (Å²) in [6, 6.07) is 6.36. The summed E-state index contributed by atoms with van der Waals surface area (Å²) in [5.74, 6) is 0.857. The van der Waals surface area contributed by atoms with E-state index in [0.717, 1.165) is 18.9 Å². The predicted molar refractivity (Wildman–Crippen MR) is 72.3 cm³/mol. The van der Waals surface area contributed by atoms with Crippen molar-refractivity contribution in [2.45, 2.75) is 32.2 Å². The zero-order valence-corrected chi connectivity index (χ0v) is 10.9. The van der Waals surface area contributed by atoms with Crippen molar-refractivity contribution < 1.29 is 0 Å². The van der Waals surface area contributed by atoms with Crippen LogP contribution in [0.15, 0.2) is 18.3 Å². The number of rotatable bonds is 4. The minimum absolute atomic E-state index is 0.605. The maximum absolute atomic E-state index is 8.71. The molecule has 1 aromatic heterocycles. The Hall–Kier alpha value is -1.60. The molecule has 1 N–H and O–H groups in total. The van der Waals surface area contributed by atoms with Gasteiger partial charge < -0.3 is 5.32 Å². The Labute approximate surface area is 109 Å². The third-order valence-corrected chi connectivity index (χ3v) is 3.57. The van der Waals surface area contributed by atoms with Gasteiger partial charge >= 0.3 is 0 Å². The Morgan fingerprint density at radius 2 is 2.39 bits per heavy atom. The number of pyridine rings is 1. The maximum atomic E-state index is 8.71. The number of piperidine rings is 1. The first-order valence-electron chi connectivity index (χ1n) is 6.67. The summed E-state index contributed by atoms with van der Waals surface area (Å²) >= 11 is 0. The molecule has 0 aromatic carbocycles. The lowest BCUT2D eigenvalue weighted by molar-refractivity contribution is 0.164. The van der Waals surface area contributed by atoms with E-state index in [1.807, 2.05) is 6.07 Å². The van der Waals surface area contributed by atoms with E-state index >= 15 is 0 Å². The van der Waals surface area contributed by atoms with Gasteiger partial charge in [-0.15, -0.1) is 0 Å². The summed E-state index contributed by atoms with van der Waals surface area (Å²) in [4.78, 5) is 6.76. The van der Waals surface area contributed by atoms with Crippen LogP contribution in [0.3, 0.4) is 0 Å². The Balaban J connectivity index is 1.87. The third-order valence-electron chi connectivity index (χ3n) is 3.57. The molecule has 1 aromatic rings. The van der Waals surface area contributed by atoms with Crippen LogP contribution in [0.4, 0.5) is 5.82 Å². The molecule has 0 unspecified atom stereocenters. The number of likely N-dealkylation sites (tertiary alicyclic amines) is 1. The van der Waals surface area contributed by atoms with Crippen molar-refractivity contribution in [3.05, 3.63) is 23.9 Å². The summed E-state index contributed by atoms with van der Waals surface area (Å²) in [6.45, 7) is 5.49. The van der Waals surface area contributed by atoms with Gasteiger partial charge in [0.1, 0.15) is 11.9 Å². The molecule has 18 heavy (non-hydrogen) atoms. The molecule has 2 rings (SSSR count). The molecule has 0 bridgehead atoms. The molecular weight excluding hydrogens is 224 g/mol. The number of hydrogen-bond acceptors (Lipinski definition) is 4. The lowest BCUT2D eigenvalue weighted by atomic mass is 10.0. The zero-order valence-electron chi connectivity index (χ0n) is 10.9. The first-order valence-corrected chi connectivity index (χ1v) is 6.67. The van der Waals surface area contributed by atoms with Crippen LogP contribution in [-0.2, 0) is 0 Å². The Morgan fingerprint density at radius 3 is 3.06 bits per heavy atom. The highest BCUT2D eigenvalue weighted by atomic mass is 15.2. The molecule has 1 atom stereocenters. The summed E-state index contributed by atoms with van der Waals surface area (Å²) in [5, 5.41) is 12.1. The van der Waals surface area contributed by atoms with Crippen LogP contribution < -0.4 is 5.32 Å². The van der Waals surface area contributed by atoms with Crippen molar-refractivity contribution in [3.63, 3.8) is 0 Å². The number of nitriles is 1. The van der Waals surface area contributed by atoms with E-state index in [9.17, 15) is 0 Å². The molecule has 2 heterocycles. The van der Waals surface area contributed by atoms with E-state index in [1.165, 1.54) is 25.8 Å². The molecule has 96 valence electrons. The van der Waals surface area contributed by atoms with Crippen molar-refractivity contribution in [1.29, 1.82) is 5.26 Å². The average Bonchev–Trinajstić information content (AvgIpc) is 2.46. The van der Waals surface area contributed by atoms with Gasteiger partial charge in [0.25, 0.3) is 0 Å². The highest BCUT2D eigenvalue weighted by Gasteiger charge is 2.20. The minimum atomic E-state index is 0.605. The normalized spacial score (nSPS) is 20.3. The number of nitrogens with zero attached hydrogens (tertiary/aromatic N) is 3. The predicted octanol–water partition coefficient (Wildman–Crippen LogP) is 2.24. The van der Waals surface area contributed by atoms with Crippen molar-refractivity contribution in [2.75, 3.05) is 25.0 Å². The van der Waals surface area contributed by atoms with Gasteiger partial charge in [-0.3, -0.25) is 4.90 Å². The SMILES string of the molecule is CCN1CCCC[C@@H]1CNc1ccc(C#N)cn1. The van der Waals surface area contributed by atoms with E-state index in [-0.39, 0.29) is 0 Å². The standard InChI is InChI=1S/C14H20N4/c1-2-18-8-4-3-5-13(18)11-17-14-7-6-12(9-15)10-16-14/h6-7,10,13H,2-5,8,11H2,1H3,(H,16,17)/t13-/m1/s1. The second kappa shape index (κ2) is 6.36. The quantitative estimate of drug-likeness (QED) is 0.882. The fourth-order valence-corrected chi connectivity index (χ4v) is 2.49. The van der Waals surface area contributed by atoms with Gasteiger partial charge in [0, 0.05) is 18.8 Å². The first kappa shape index (κ1) is 12.8. The molecule has 0 saturated carbocycles. The highest BCUT2D eigenvalue weighted by molar-refractivity contribution is 5.39. The van der Waals surface area contributed by atoms with Crippen molar-refractivity contribution in [1.82, 2.24) is 9.88 Å². The van der Waals surface area contributed by atoms with E-state index < -0.39 is 0 Å². The van der Waals surface area contributed by atoms with Crippen LogP contribution >= 0.6 is 0 Å². The molecule has 0 spiro atoms. The molecule has 0 amide bonds. The topological polar surface area (TPSA) is 52.0 Å². The van der Waals surface area contributed by atoms with Crippen molar-refractivity contribution in [2.24, 2.45) is 0 Å². The van der Waals surface area contributed by atoms with Gasteiger partial charge in [0.2, 0.25) is 0 Å². The smallest absolute Gasteiger partial charge is 0.126 e. The molecule has 1 fully saturated rings. The summed E-state index contributed by atoms with van der Waals surface area (Å²) in [5.41, 5.74) is 0.605. The van der Waals surface area contributed by atoms with Crippen LogP contribution in [0.1, 0.15) is 31.7 Å². The van der Waals surface area contributed by atoms with Crippen LogP contribution in [0.25, 0.3) is 0 Å². The molecule has 4 heteroatoms. The van der Waals surface area contributed by atoms with Gasteiger partial charge in [-0.05, 0) is 38.1 Å². The number of anilines is 1. The number of likely N-dealkylation sites (N-methyl/N-ethyl adjacent to an activating group) is 1. The Morgan fingerprint density at radius 1 is 1.50 bits per heavy atom. The number of aromatic nitrogens is 1. The molecule has 1 aliphatic rings. The van der Waals surface area contributed by atoms with Crippen molar-refractivity contribution in [3.8, 4) is 6.07 Å². The molecule has 4 nitrogen and oxygen atoms in total. The van der Waals surface area contributed by atoms with Gasteiger partial charge in [-0.25, -0.2) is 4.98 Å². The molecule has 1 aliphatic heterocycles. The largest absolute Gasteiger partial charge is 0.369 e. The molecule has 0 radical (unpaired) electrons. The van der Waals surface area contributed by atoms with E-state index in [1.54, 1.807) is 12.3 Å². The summed E-state index contributed by atoms with van der Waals surface area (Å²) < 4.78 is 0. The van der Waals surface area contributed by atoms with Crippen molar-refractivity contribution >= 4 is 5.82 Å². The zero-order chi connectivity index (χ0) is 12.8. The van der Waals surface area contributed by atoms with E-state index in [2.05, 4.69) is 28.2 Å². The first-order chi connectivity index (χ1) is 8.83. The lowest BCUT2D eigenvalue weighted by Gasteiger charge is -2.35. The second-order valence-electron chi connectivity index (χ2n) is 4.70. The number of nitrogens with one attached hydrogen (secondary N) is 1. The van der Waals surface area contributed by atoms with Gasteiger partial charge in [-0.2, -0.15) is 5.26 Å². The van der Waals surface area contributed by atoms with Gasteiger partial charge in [-0.1, -0.05) is 13.3 Å².